The van der Waals surface area contributed by atoms with Crippen LogP contribution in [0.4, 0.5) is 0 Å². The fourth-order valence-electron chi connectivity index (χ4n) is 1.49. The first-order chi connectivity index (χ1) is 8.21. The average molecular weight is 253 g/mol. The first kappa shape index (κ1) is 14.7. The summed E-state index contributed by atoms with van der Waals surface area (Å²) in [5.41, 5.74) is 1.31. The van der Waals surface area contributed by atoms with Crippen molar-refractivity contribution in [2.45, 2.75) is 45.6 Å². The first-order valence-electron chi connectivity index (χ1n) is 6.21. The molecule has 0 aliphatic rings. The van der Waals surface area contributed by atoms with Crippen LogP contribution in [0.25, 0.3) is 0 Å². The van der Waals surface area contributed by atoms with E-state index >= 15 is 0 Å². The molecule has 1 amide bonds. The van der Waals surface area contributed by atoms with E-state index in [1.807, 2.05) is 0 Å². The summed E-state index contributed by atoms with van der Waals surface area (Å²) < 4.78 is 0. The zero-order valence-electron chi connectivity index (χ0n) is 11.8. The summed E-state index contributed by atoms with van der Waals surface area (Å²) in [6.07, 6.45) is 0.170. The lowest BCUT2D eigenvalue weighted by Gasteiger charge is -2.17. The van der Waals surface area contributed by atoms with E-state index in [0.29, 0.717) is 18.7 Å². The number of carbonyl (C=O) groups excluding carboxylic acids is 1. The molecule has 5 heteroatoms. The van der Waals surface area contributed by atoms with Crippen LogP contribution in [0.15, 0.2) is 6.07 Å². The summed E-state index contributed by atoms with van der Waals surface area (Å²) in [4.78, 5) is 13.6. The van der Waals surface area contributed by atoms with Crippen molar-refractivity contribution in [3.05, 3.63) is 17.5 Å². The van der Waals surface area contributed by atoms with Gasteiger partial charge in [-0.05, 0) is 19.4 Å². The molecule has 0 aromatic carbocycles. The second-order valence-corrected chi connectivity index (χ2v) is 5.78. The Morgan fingerprint density at radius 1 is 1.56 bits per heavy atom. The van der Waals surface area contributed by atoms with Gasteiger partial charge in [0.25, 0.3) is 5.91 Å². The van der Waals surface area contributed by atoms with Crippen molar-refractivity contribution in [2.24, 2.45) is 0 Å². The molecule has 0 aliphatic heterocycles. The van der Waals surface area contributed by atoms with Gasteiger partial charge in [-0.15, -0.1) is 0 Å². The molecule has 102 valence electrons. The molecule has 1 atom stereocenters. The van der Waals surface area contributed by atoms with Gasteiger partial charge in [0.15, 0.2) is 0 Å². The minimum Gasteiger partial charge on any atom is -0.393 e. The third-order valence-electron chi connectivity index (χ3n) is 2.83. The highest BCUT2D eigenvalue weighted by atomic mass is 16.3. The predicted octanol–water partition coefficient (Wildman–Crippen LogP) is 1.55. The molecule has 0 radical (unpaired) electrons. The number of aliphatic hydroxyl groups is 1. The fourth-order valence-corrected chi connectivity index (χ4v) is 1.49. The Kier molecular flexibility index (Phi) is 4.51. The number of H-pyrrole nitrogens is 1. The van der Waals surface area contributed by atoms with Crippen LogP contribution in [-0.2, 0) is 5.41 Å². The molecule has 5 nitrogen and oxygen atoms in total. The number of aromatic amines is 1. The monoisotopic (exact) mass is 253 g/mol. The molecule has 0 saturated heterocycles. The third-order valence-corrected chi connectivity index (χ3v) is 2.83. The molecule has 1 aromatic heterocycles. The maximum absolute atomic E-state index is 12.1. The summed E-state index contributed by atoms with van der Waals surface area (Å²) in [5.74, 6) is -0.123. The van der Waals surface area contributed by atoms with Gasteiger partial charge < -0.3 is 10.0 Å². The van der Waals surface area contributed by atoms with Gasteiger partial charge in [-0.3, -0.25) is 9.89 Å². The van der Waals surface area contributed by atoms with Crippen molar-refractivity contribution < 1.29 is 9.90 Å². The number of amides is 1. The quantitative estimate of drug-likeness (QED) is 0.855. The standard InChI is InChI=1S/C13H23N3O2/c1-9(17)6-7-16(5)12(18)10-8-11(15-14-10)13(2,3)4/h8-9,17H,6-7H2,1-5H3,(H,14,15). The summed E-state index contributed by atoms with van der Waals surface area (Å²) in [7, 11) is 1.72. The number of nitrogens with one attached hydrogen (secondary N) is 1. The Bertz CT molecular complexity index is 405. The normalized spacial score (nSPS) is 13.4. The van der Waals surface area contributed by atoms with E-state index < -0.39 is 6.10 Å². The van der Waals surface area contributed by atoms with Crippen molar-refractivity contribution >= 4 is 5.91 Å². The van der Waals surface area contributed by atoms with Gasteiger partial charge in [0.2, 0.25) is 0 Å². The number of hydrogen-bond donors (Lipinski definition) is 2. The molecule has 0 saturated carbocycles. The Hall–Kier alpha value is -1.36. The van der Waals surface area contributed by atoms with Crippen molar-refractivity contribution in [1.82, 2.24) is 15.1 Å². The lowest BCUT2D eigenvalue weighted by atomic mass is 9.92. The molecule has 1 unspecified atom stereocenters. The number of aliphatic hydroxyl groups excluding tert-OH is 1. The average Bonchev–Trinajstić information content (AvgIpc) is 2.73. The molecule has 1 aromatic rings. The zero-order valence-corrected chi connectivity index (χ0v) is 11.8. The van der Waals surface area contributed by atoms with Gasteiger partial charge in [-0.2, -0.15) is 5.10 Å². The number of aromatic nitrogens is 2. The Balaban J connectivity index is 2.70. The molecule has 0 aliphatic carbocycles. The van der Waals surface area contributed by atoms with Gasteiger partial charge in [-0.1, -0.05) is 20.8 Å². The van der Waals surface area contributed by atoms with E-state index in [4.69, 9.17) is 0 Å². The van der Waals surface area contributed by atoms with Gasteiger partial charge in [-0.25, -0.2) is 0 Å². The summed E-state index contributed by atoms with van der Waals surface area (Å²) >= 11 is 0. The number of nitrogens with zero attached hydrogens (tertiary/aromatic N) is 2. The lowest BCUT2D eigenvalue weighted by Crippen LogP contribution is -2.29. The van der Waals surface area contributed by atoms with Crippen LogP contribution in [-0.4, -0.2) is 45.8 Å². The van der Waals surface area contributed by atoms with Crippen molar-refractivity contribution in [1.29, 1.82) is 0 Å². The molecule has 1 heterocycles. The Morgan fingerprint density at radius 2 is 2.17 bits per heavy atom. The van der Waals surface area contributed by atoms with Crippen LogP contribution < -0.4 is 0 Å². The number of hydrogen-bond acceptors (Lipinski definition) is 3. The minimum atomic E-state index is -0.399. The van der Waals surface area contributed by atoms with Gasteiger partial charge in [0.1, 0.15) is 5.69 Å². The van der Waals surface area contributed by atoms with Gasteiger partial charge in [0, 0.05) is 24.7 Å². The summed E-state index contributed by atoms with van der Waals surface area (Å²) in [5, 5.41) is 16.2. The van der Waals surface area contributed by atoms with E-state index in [1.165, 1.54) is 0 Å². The van der Waals surface area contributed by atoms with Crippen LogP contribution in [0.2, 0.25) is 0 Å². The second kappa shape index (κ2) is 5.52. The van der Waals surface area contributed by atoms with Gasteiger partial charge in [0.05, 0.1) is 6.10 Å². The summed E-state index contributed by atoms with van der Waals surface area (Å²) in [6.45, 7) is 8.42. The molecule has 0 spiro atoms. The van der Waals surface area contributed by atoms with E-state index in [-0.39, 0.29) is 11.3 Å². The molecule has 0 fully saturated rings. The maximum atomic E-state index is 12.1. The highest BCUT2D eigenvalue weighted by molar-refractivity contribution is 5.92. The largest absolute Gasteiger partial charge is 0.393 e. The van der Waals surface area contributed by atoms with E-state index in [1.54, 1.807) is 24.9 Å². The van der Waals surface area contributed by atoms with Crippen LogP contribution >= 0.6 is 0 Å². The van der Waals surface area contributed by atoms with Crippen LogP contribution in [0, 0.1) is 0 Å². The zero-order chi connectivity index (χ0) is 13.9. The minimum absolute atomic E-state index is 0.0519. The SMILES string of the molecule is CC(O)CCN(C)C(=O)c1cc(C(C)(C)C)[nH]n1. The smallest absolute Gasteiger partial charge is 0.274 e. The number of rotatable bonds is 4. The van der Waals surface area contributed by atoms with Crippen molar-refractivity contribution in [3.8, 4) is 0 Å². The van der Waals surface area contributed by atoms with Crippen molar-refractivity contribution in [3.63, 3.8) is 0 Å². The van der Waals surface area contributed by atoms with E-state index in [2.05, 4.69) is 31.0 Å². The van der Waals surface area contributed by atoms with E-state index in [9.17, 15) is 9.90 Å². The highest BCUT2D eigenvalue weighted by Gasteiger charge is 2.21. The fraction of sp³-hybridized carbons (Fsp3) is 0.692. The molecular weight excluding hydrogens is 230 g/mol. The van der Waals surface area contributed by atoms with Crippen LogP contribution in [0.1, 0.15) is 50.3 Å². The van der Waals surface area contributed by atoms with Crippen molar-refractivity contribution in [2.75, 3.05) is 13.6 Å². The Labute approximate surface area is 108 Å². The Morgan fingerprint density at radius 3 is 2.61 bits per heavy atom. The molecule has 0 bridgehead atoms. The van der Waals surface area contributed by atoms with Crippen LogP contribution in [0.3, 0.4) is 0 Å². The lowest BCUT2D eigenvalue weighted by molar-refractivity contribution is 0.0763. The first-order valence-corrected chi connectivity index (χ1v) is 6.21. The predicted molar refractivity (Wildman–Crippen MR) is 70.5 cm³/mol. The number of carbonyl (C=O) groups is 1. The molecule has 2 N–H and O–H groups in total. The van der Waals surface area contributed by atoms with Gasteiger partial charge >= 0.3 is 0 Å². The second-order valence-electron chi connectivity index (χ2n) is 5.78. The highest BCUT2D eigenvalue weighted by Crippen LogP contribution is 2.20. The molecule has 1 rings (SSSR count). The van der Waals surface area contributed by atoms with Crippen LogP contribution in [0.5, 0.6) is 0 Å². The molecular formula is C13H23N3O2. The maximum Gasteiger partial charge on any atom is 0.274 e. The van der Waals surface area contributed by atoms with E-state index in [0.717, 1.165) is 5.69 Å². The topological polar surface area (TPSA) is 69.2 Å². The summed E-state index contributed by atoms with van der Waals surface area (Å²) in [6, 6.07) is 1.79. The molecule has 18 heavy (non-hydrogen) atoms. The third kappa shape index (κ3) is 3.84.